The number of unbranched alkanes of at least 4 members (excludes halogenated alkanes) is 12. The highest BCUT2D eigenvalue weighted by Crippen LogP contribution is 2.09. The molecule has 0 saturated carbocycles. The fraction of sp³-hybridized carbons (Fsp3) is 1.00. The molecule has 0 fully saturated rings. The number of ether oxygens (including phenoxy) is 1. The maximum absolute atomic E-state index is 5.68. The average molecular weight is 314 g/mol. The standard InChI is InChI=1S/C20H43NO/c1-3-5-7-9-10-11-12-14-16-19-22-20-18-21-17-15-13-8-6-4-2/h21H,3-20H2,1-2H3. The largest absolute Gasteiger partial charge is 0.380 e. The SMILES string of the molecule is CCCCCCCCCCCOCCNCCCCCCC. The van der Waals surface area contributed by atoms with Crippen LogP contribution in [0.25, 0.3) is 0 Å². The van der Waals surface area contributed by atoms with Gasteiger partial charge in [0, 0.05) is 13.2 Å². The summed E-state index contributed by atoms with van der Waals surface area (Å²) in [5, 5.41) is 3.47. The first-order valence-electron chi connectivity index (χ1n) is 10.2. The molecular formula is C20H43NO. The van der Waals surface area contributed by atoms with E-state index in [1.807, 2.05) is 0 Å². The third kappa shape index (κ3) is 19.9. The number of hydrogen-bond donors (Lipinski definition) is 1. The molecular weight excluding hydrogens is 270 g/mol. The summed E-state index contributed by atoms with van der Waals surface area (Å²) in [4.78, 5) is 0. The van der Waals surface area contributed by atoms with Crippen LogP contribution in [0.2, 0.25) is 0 Å². The second-order valence-corrected chi connectivity index (χ2v) is 6.61. The van der Waals surface area contributed by atoms with Gasteiger partial charge in [-0.05, 0) is 19.4 Å². The fourth-order valence-corrected chi connectivity index (χ4v) is 2.74. The predicted molar refractivity (Wildman–Crippen MR) is 99.7 cm³/mol. The Morgan fingerprint density at radius 3 is 1.59 bits per heavy atom. The van der Waals surface area contributed by atoms with Gasteiger partial charge in [0.15, 0.2) is 0 Å². The second-order valence-electron chi connectivity index (χ2n) is 6.61. The highest BCUT2D eigenvalue weighted by atomic mass is 16.5. The van der Waals surface area contributed by atoms with Crippen molar-refractivity contribution in [2.75, 3.05) is 26.3 Å². The summed E-state index contributed by atoms with van der Waals surface area (Å²) >= 11 is 0. The lowest BCUT2D eigenvalue weighted by molar-refractivity contribution is 0.131. The molecule has 0 saturated heterocycles. The van der Waals surface area contributed by atoms with Crippen molar-refractivity contribution in [3.05, 3.63) is 0 Å². The summed E-state index contributed by atoms with van der Waals surface area (Å²) in [6, 6.07) is 0. The Morgan fingerprint density at radius 2 is 1.00 bits per heavy atom. The van der Waals surface area contributed by atoms with E-state index in [0.717, 1.165) is 26.3 Å². The summed E-state index contributed by atoms with van der Waals surface area (Å²) in [5.74, 6) is 0. The lowest BCUT2D eigenvalue weighted by Gasteiger charge is -2.06. The quantitative estimate of drug-likeness (QED) is 0.291. The van der Waals surface area contributed by atoms with E-state index < -0.39 is 0 Å². The van der Waals surface area contributed by atoms with Crippen molar-refractivity contribution in [1.82, 2.24) is 5.32 Å². The van der Waals surface area contributed by atoms with Gasteiger partial charge in [0.25, 0.3) is 0 Å². The van der Waals surface area contributed by atoms with Crippen molar-refractivity contribution in [3.63, 3.8) is 0 Å². The van der Waals surface area contributed by atoms with Crippen LogP contribution in [0.1, 0.15) is 104 Å². The van der Waals surface area contributed by atoms with E-state index in [2.05, 4.69) is 19.2 Å². The molecule has 0 aliphatic rings. The van der Waals surface area contributed by atoms with Crippen molar-refractivity contribution >= 4 is 0 Å². The van der Waals surface area contributed by atoms with Crippen LogP contribution in [-0.4, -0.2) is 26.3 Å². The molecule has 134 valence electrons. The molecule has 0 bridgehead atoms. The molecule has 2 heteroatoms. The lowest BCUT2D eigenvalue weighted by atomic mass is 10.1. The molecule has 2 nitrogen and oxygen atoms in total. The molecule has 0 rings (SSSR count). The third-order valence-corrected chi connectivity index (χ3v) is 4.27. The molecule has 0 aliphatic heterocycles. The molecule has 0 aliphatic carbocycles. The average Bonchev–Trinajstić information content (AvgIpc) is 2.54. The van der Waals surface area contributed by atoms with Crippen molar-refractivity contribution < 1.29 is 4.74 Å². The Bertz CT molecular complexity index is 165. The van der Waals surface area contributed by atoms with Gasteiger partial charge in [-0.2, -0.15) is 0 Å². The van der Waals surface area contributed by atoms with Crippen LogP contribution in [0.4, 0.5) is 0 Å². The Hall–Kier alpha value is -0.0800. The smallest absolute Gasteiger partial charge is 0.0590 e. The van der Waals surface area contributed by atoms with E-state index in [4.69, 9.17) is 4.74 Å². The Morgan fingerprint density at radius 1 is 0.500 bits per heavy atom. The summed E-state index contributed by atoms with van der Waals surface area (Å²) in [5.41, 5.74) is 0. The van der Waals surface area contributed by atoms with Gasteiger partial charge in [-0.3, -0.25) is 0 Å². The summed E-state index contributed by atoms with van der Waals surface area (Å²) < 4.78 is 5.68. The molecule has 0 spiro atoms. The number of hydrogen-bond acceptors (Lipinski definition) is 2. The van der Waals surface area contributed by atoms with Gasteiger partial charge in [-0.25, -0.2) is 0 Å². The second kappa shape index (κ2) is 20.9. The first-order valence-corrected chi connectivity index (χ1v) is 10.2. The van der Waals surface area contributed by atoms with E-state index in [1.54, 1.807) is 0 Å². The van der Waals surface area contributed by atoms with Gasteiger partial charge in [0.1, 0.15) is 0 Å². The van der Waals surface area contributed by atoms with E-state index in [1.165, 1.54) is 89.9 Å². The van der Waals surface area contributed by atoms with Crippen molar-refractivity contribution in [3.8, 4) is 0 Å². The van der Waals surface area contributed by atoms with Gasteiger partial charge >= 0.3 is 0 Å². The molecule has 22 heavy (non-hydrogen) atoms. The lowest BCUT2D eigenvalue weighted by Crippen LogP contribution is -2.21. The Labute approximate surface area is 140 Å². The van der Waals surface area contributed by atoms with Crippen LogP contribution >= 0.6 is 0 Å². The minimum absolute atomic E-state index is 0.881. The summed E-state index contributed by atoms with van der Waals surface area (Å²) in [6.45, 7) is 8.56. The zero-order chi connectivity index (χ0) is 16.1. The van der Waals surface area contributed by atoms with Gasteiger partial charge < -0.3 is 10.1 Å². The molecule has 0 amide bonds. The number of nitrogens with one attached hydrogen (secondary N) is 1. The Kier molecular flexibility index (Phi) is 20.8. The van der Waals surface area contributed by atoms with E-state index in [-0.39, 0.29) is 0 Å². The minimum Gasteiger partial charge on any atom is -0.380 e. The molecule has 0 atom stereocenters. The molecule has 0 heterocycles. The van der Waals surface area contributed by atoms with Crippen LogP contribution < -0.4 is 5.32 Å². The van der Waals surface area contributed by atoms with Crippen LogP contribution in [0, 0.1) is 0 Å². The van der Waals surface area contributed by atoms with Crippen molar-refractivity contribution in [2.24, 2.45) is 0 Å². The zero-order valence-corrected chi connectivity index (χ0v) is 15.6. The predicted octanol–water partition coefficient (Wildman–Crippen LogP) is 6.09. The maximum Gasteiger partial charge on any atom is 0.0590 e. The van der Waals surface area contributed by atoms with Crippen molar-refractivity contribution in [1.29, 1.82) is 0 Å². The van der Waals surface area contributed by atoms with Crippen molar-refractivity contribution in [2.45, 2.75) is 104 Å². The van der Waals surface area contributed by atoms with Gasteiger partial charge in [0.05, 0.1) is 6.61 Å². The molecule has 0 aromatic rings. The maximum atomic E-state index is 5.68. The first kappa shape index (κ1) is 21.9. The number of rotatable bonds is 19. The molecule has 0 unspecified atom stereocenters. The van der Waals surface area contributed by atoms with Crippen LogP contribution in [0.3, 0.4) is 0 Å². The van der Waals surface area contributed by atoms with E-state index in [9.17, 15) is 0 Å². The summed E-state index contributed by atoms with van der Waals surface area (Å²) in [6.07, 6.45) is 19.3. The van der Waals surface area contributed by atoms with Crippen LogP contribution in [-0.2, 0) is 4.74 Å². The summed E-state index contributed by atoms with van der Waals surface area (Å²) in [7, 11) is 0. The van der Waals surface area contributed by atoms with Gasteiger partial charge in [-0.1, -0.05) is 90.9 Å². The highest BCUT2D eigenvalue weighted by Gasteiger charge is 1.93. The zero-order valence-electron chi connectivity index (χ0n) is 15.6. The molecule has 0 radical (unpaired) electrons. The Balaban J connectivity index is 2.91. The van der Waals surface area contributed by atoms with Crippen LogP contribution in [0.5, 0.6) is 0 Å². The van der Waals surface area contributed by atoms with E-state index >= 15 is 0 Å². The molecule has 0 aromatic heterocycles. The fourth-order valence-electron chi connectivity index (χ4n) is 2.74. The van der Waals surface area contributed by atoms with Gasteiger partial charge in [0.2, 0.25) is 0 Å². The molecule has 1 N–H and O–H groups in total. The third-order valence-electron chi connectivity index (χ3n) is 4.27. The van der Waals surface area contributed by atoms with Crippen LogP contribution in [0.15, 0.2) is 0 Å². The first-order chi connectivity index (χ1) is 10.9. The van der Waals surface area contributed by atoms with Gasteiger partial charge in [-0.15, -0.1) is 0 Å². The molecule has 0 aromatic carbocycles. The topological polar surface area (TPSA) is 21.3 Å². The normalized spacial score (nSPS) is 11.2. The highest BCUT2D eigenvalue weighted by molar-refractivity contribution is 4.50. The van der Waals surface area contributed by atoms with E-state index in [0.29, 0.717) is 0 Å². The monoisotopic (exact) mass is 313 g/mol. The minimum atomic E-state index is 0.881.